The average Bonchev–Trinajstić information content (AvgIpc) is 3.58. The van der Waals surface area contributed by atoms with Crippen molar-refractivity contribution in [1.82, 2.24) is 19.7 Å². The van der Waals surface area contributed by atoms with E-state index >= 15 is 0 Å². The number of furan rings is 1. The molecule has 5 rings (SSSR count). The lowest BCUT2D eigenvalue weighted by molar-refractivity contribution is 0.102. The summed E-state index contributed by atoms with van der Waals surface area (Å²) in [6.45, 7) is 0. The maximum atomic E-state index is 13.3. The zero-order valence-corrected chi connectivity index (χ0v) is 19.4. The van der Waals surface area contributed by atoms with Gasteiger partial charge in [0, 0.05) is 17.7 Å². The zero-order valence-electron chi connectivity index (χ0n) is 19.4. The predicted octanol–water partition coefficient (Wildman–Crippen LogP) is 4.15. The summed E-state index contributed by atoms with van der Waals surface area (Å²) in [6, 6.07) is 20.8. The van der Waals surface area contributed by atoms with E-state index in [2.05, 4.69) is 20.4 Å². The SMILES string of the molecule is COc1cccc(C(=O)Nc2cc(-c3ccco3)nn2-c2nc(-c3ccccc3)cc(=O)[nH]2)c1OC. The first-order chi connectivity index (χ1) is 17.6. The number of para-hydroxylation sites is 1. The Morgan fingerprint density at radius 2 is 1.81 bits per heavy atom. The third kappa shape index (κ3) is 4.34. The van der Waals surface area contributed by atoms with Crippen LogP contribution >= 0.6 is 0 Å². The number of H-pyrrole nitrogens is 1. The number of aromatic amines is 1. The molecule has 0 saturated heterocycles. The first-order valence-electron chi connectivity index (χ1n) is 10.9. The third-order valence-corrected chi connectivity index (χ3v) is 5.37. The molecule has 0 spiro atoms. The van der Waals surface area contributed by atoms with E-state index in [1.165, 1.54) is 31.2 Å². The second-order valence-electron chi connectivity index (χ2n) is 7.62. The molecular weight excluding hydrogens is 462 g/mol. The predicted molar refractivity (Wildman–Crippen MR) is 133 cm³/mol. The Kier molecular flexibility index (Phi) is 6.06. The van der Waals surface area contributed by atoms with Crippen LogP contribution in [-0.2, 0) is 0 Å². The molecule has 0 unspecified atom stereocenters. The molecule has 0 fully saturated rings. The van der Waals surface area contributed by atoms with Gasteiger partial charge in [0.2, 0.25) is 5.95 Å². The number of anilines is 1. The topological polar surface area (TPSA) is 124 Å². The molecule has 10 heteroatoms. The molecule has 1 amide bonds. The van der Waals surface area contributed by atoms with Gasteiger partial charge in [0.05, 0.1) is 31.7 Å². The molecule has 3 heterocycles. The van der Waals surface area contributed by atoms with Gasteiger partial charge in [-0.25, -0.2) is 4.98 Å². The Bertz CT molecular complexity index is 1570. The highest BCUT2D eigenvalue weighted by molar-refractivity contribution is 6.06. The van der Waals surface area contributed by atoms with Crippen LogP contribution in [0, 0.1) is 0 Å². The number of rotatable bonds is 7. The molecule has 5 aromatic rings. The van der Waals surface area contributed by atoms with Crippen LogP contribution in [0.15, 0.2) is 88.3 Å². The molecule has 0 bridgehead atoms. The Morgan fingerprint density at radius 1 is 0.972 bits per heavy atom. The van der Waals surface area contributed by atoms with Crippen molar-refractivity contribution in [3.63, 3.8) is 0 Å². The van der Waals surface area contributed by atoms with Crippen LogP contribution < -0.4 is 20.3 Å². The van der Waals surface area contributed by atoms with Crippen molar-refractivity contribution in [2.45, 2.75) is 0 Å². The number of aromatic nitrogens is 4. The molecule has 3 aromatic heterocycles. The van der Waals surface area contributed by atoms with Crippen LogP contribution in [0.25, 0.3) is 28.7 Å². The molecule has 0 aliphatic rings. The van der Waals surface area contributed by atoms with E-state index in [9.17, 15) is 9.59 Å². The van der Waals surface area contributed by atoms with Crippen molar-refractivity contribution in [2.24, 2.45) is 0 Å². The number of hydrogen-bond acceptors (Lipinski definition) is 7. The van der Waals surface area contributed by atoms with Gasteiger partial charge in [-0.2, -0.15) is 9.78 Å². The van der Waals surface area contributed by atoms with Gasteiger partial charge < -0.3 is 19.2 Å². The highest BCUT2D eigenvalue weighted by Crippen LogP contribution is 2.32. The van der Waals surface area contributed by atoms with E-state index < -0.39 is 5.91 Å². The van der Waals surface area contributed by atoms with Crippen LogP contribution in [0.3, 0.4) is 0 Å². The summed E-state index contributed by atoms with van der Waals surface area (Å²) in [5, 5.41) is 7.38. The fraction of sp³-hybridized carbons (Fsp3) is 0.0769. The molecule has 0 aliphatic carbocycles. The summed E-state index contributed by atoms with van der Waals surface area (Å²) in [7, 11) is 2.95. The van der Waals surface area contributed by atoms with E-state index in [1.54, 1.807) is 36.4 Å². The highest BCUT2D eigenvalue weighted by atomic mass is 16.5. The van der Waals surface area contributed by atoms with Crippen molar-refractivity contribution < 1.29 is 18.7 Å². The summed E-state index contributed by atoms with van der Waals surface area (Å²) in [4.78, 5) is 33.1. The van der Waals surface area contributed by atoms with Crippen LogP contribution in [0.2, 0.25) is 0 Å². The lowest BCUT2D eigenvalue weighted by atomic mass is 10.1. The minimum Gasteiger partial charge on any atom is -0.493 e. The maximum absolute atomic E-state index is 13.3. The van der Waals surface area contributed by atoms with Gasteiger partial charge >= 0.3 is 0 Å². The van der Waals surface area contributed by atoms with Gasteiger partial charge in [-0.15, -0.1) is 0 Å². The number of nitrogens with zero attached hydrogens (tertiary/aromatic N) is 3. The highest BCUT2D eigenvalue weighted by Gasteiger charge is 2.21. The molecule has 36 heavy (non-hydrogen) atoms. The fourth-order valence-electron chi connectivity index (χ4n) is 3.73. The van der Waals surface area contributed by atoms with Gasteiger partial charge in [-0.3, -0.25) is 14.6 Å². The van der Waals surface area contributed by atoms with E-state index in [4.69, 9.17) is 13.9 Å². The van der Waals surface area contributed by atoms with Crippen molar-refractivity contribution in [3.05, 3.63) is 95.0 Å². The summed E-state index contributed by atoms with van der Waals surface area (Å²) in [5.41, 5.74) is 1.52. The summed E-state index contributed by atoms with van der Waals surface area (Å²) < 4.78 is 17.5. The quantitative estimate of drug-likeness (QED) is 0.356. The third-order valence-electron chi connectivity index (χ3n) is 5.37. The second-order valence-corrected chi connectivity index (χ2v) is 7.62. The lowest BCUT2D eigenvalue weighted by Crippen LogP contribution is -2.19. The molecule has 0 aliphatic heterocycles. The lowest BCUT2D eigenvalue weighted by Gasteiger charge is -2.13. The maximum Gasteiger partial charge on any atom is 0.260 e. The van der Waals surface area contributed by atoms with Crippen molar-refractivity contribution in [2.75, 3.05) is 19.5 Å². The normalized spacial score (nSPS) is 10.7. The van der Waals surface area contributed by atoms with Crippen LogP contribution in [0.1, 0.15) is 10.4 Å². The van der Waals surface area contributed by atoms with Crippen LogP contribution in [0.5, 0.6) is 11.5 Å². The van der Waals surface area contributed by atoms with Crippen molar-refractivity contribution in [1.29, 1.82) is 0 Å². The number of amides is 1. The number of hydrogen-bond donors (Lipinski definition) is 2. The molecule has 2 N–H and O–H groups in total. The van der Waals surface area contributed by atoms with E-state index in [0.717, 1.165) is 5.56 Å². The first-order valence-corrected chi connectivity index (χ1v) is 10.9. The Morgan fingerprint density at radius 3 is 2.53 bits per heavy atom. The molecule has 0 atom stereocenters. The molecule has 180 valence electrons. The van der Waals surface area contributed by atoms with Crippen molar-refractivity contribution >= 4 is 11.7 Å². The van der Waals surface area contributed by atoms with E-state index in [1.807, 2.05) is 30.3 Å². The molecule has 2 aromatic carbocycles. The fourth-order valence-corrected chi connectivity index (χ4v) is 3.73. The zero-order chi connectivity index (χ0) is 25.1. The van der Waals surface area contributed by atoms with E-state index in [0.29, 0.717) is 22.9 Å². The monoisotopic (exact) mass is 483 g/mol. The van der Waals surface area contributed by atoms with Gasteiger partial charge in [-0.1, -0.05) is 36.4 Å². The van der Waals surface area contributed by atoms with Gasteiger partial charge in [-0.05, 0) is 24.3 Å². The number of methoxy groups -OCH3 is 2. The summed E-state index contributed by atoms with van der Waals surface area (Å²) in [6.07, 6.45) is 1.52. The minimum atomic E-state index is -0.473. The number of carbonyl (C=O) groups is 1. The molecule has 10 nitrogen and oxygen atoms in total. The van der Waals surface area contributed by atoms with E-state index in [-0.39, 0.29) is 28.6 Å². The second kappa shape index (κ2) is 9.63. The van der Waals surface area contributed by atoms with Gasteiger partial charge in [0.15, 0.2) is 17.3 Å². The molecule has 0 radical (unpaired) electrons. The standard InChI is InChI=1S/C26H21N5O5/c1-34-21-11-6-10-17(24(21)35-2)25(33)28-22-14-19(20-12-7-13-36-20)30-31(22)26-27-18(15-23(32)29-26)16-8-4-3-5-9-16/h3-15H,1-2H3,(H,28,33)(H,27,29,32). The van der Waals surface area contributed by atoms with Crippen LogP contribution in [0.4, 0.5) is 5.82 Å². The Balaban J connectivity index is 1.60. The Labute approximate surface area is 205 Å². The average molecular weight is 483 g/mol. The van der Waals surface area contributed by atoms with Gasteiger partial charge in [0.25, 0.3) is 11.5 Å². The number of ether oxygens (including phenoxy) is 2. The molecule has 0 saturated carbocycles. The molecular formula is C26H21N5O5. The van der Waals surface area contributed by atoms with Gasteiger partial charge in [0.1, 0.15) is 11.5 Å². The summed E-state index contributed by atoms with van der Waals surface area (Å²) in [5.74, 6) is 1.07. The number of benzene rings is 2. The summed E-state index contributed by atoms with van der Waals surface area (Å²) >= 11 is 0. The Hall–Kier alpha value is -5.12. The first kappa shape index (κ1) is 22.7. The minimum absolute atomic E-state index is 0.118. The van der Waals surface area contributed by atoms with Crippen LogP contribution in [-0.4, -0.2) is 39.9 Å². The largest absolute Gasteiger partial charge is 0.493 e. The number of carbonyl (C=O) groups excluding carboxylic acids is 1. The number of nitrogens with one attached hydrogen (secondary N) is 2. The smallest absolute Gasteiger partial charge is 0.260 e. The van der Waals surface area contributed by atoms with Crippen molar-refractivity contribution in [3.8, 4) is 40.2 Å².